The van der Waals surface area contributed by atoms with Crippen molar-refractivity contribution in [2.45, 2.75) is 16.6 Å². The fraction of sp³-hybridized carbons (Fsp3) is 0.176. The molecule has 3 aromatic rings. The molecular weight excluding hydrogens is 362 g/mol. The van der Waals surface area contributed by atoms with Crippen molar-refractivity contribution in [3.05, 3.63) is 64.7 Å². The van der Waals surface area contributed by atoms with Gasteiger partial charge in [0.2, 0.25) is 5.13 Å². The van der Waals surface area contributed by atoms with Gasteiger partial charge in [0.1, 0.15) is 5.75 Å². The molecule has 7 heteroatoms. The Morgan fingerprint density at radius 2 is 1.75 bits per heavy atom. The molecule has 24 heavy (non-hydrogen) atoms. The number of nitrogens with zero attached hydrogens (tertiary/aromatic N) is 2. The molecule has 0 spiro atoms. The van der Waals surface area contributed by atoms with Gasteiger partial charge in [-0.3, -0.25) is 0 Å². The second-order valence-electron chi connectivity index (χ2n) is 4.99. The minimum absolute atomic E-state index is 0.709. The summed E-state index contributed by atoms with van der Waals surface area (Å²) in [5.41, 5.74) is 2.38. The van der Waals surface area contributed by atoms with Crippen LogP contribution >= 0.6 is 34.7 Å². The first kappa shape index (κ1) is 17.1. The zero-order valence-corrected chi connectivity index (χ0v) is 15.4. The minimum atomic E-state index is 0.709. The molecule has 1 aromatic heterocycles. The number of benzene rings is 2. The molecule has 0 saturated carbocycles. The lowest BCUT2D eigenvalue weighted by Gasteiger charge is -2.03. The van der Waals surface area contributed by atoms with Crippen molar-refractivity contribution >= 4 is 39.8 Å². The maximum Gasteiger partial charge on any atom is 0.206 e. The molecule has 0 radical (unpaired) electrons. The summed E-state index contributed by atoms with van der Waals surface area (Å²) in [6, 6.07) is 15.8. The van der Waals surface area contributed by atoms with E-state index >= 15 is 0 Å². The SMILES string of the molecule is COc1ccc(CNc2nnc(SCc3ccc(Cl)cc3)s2)cc1. The quantitative estimate of drug-likeness (QED) is 0.580. The lowest BCUT2D eigenvalue weighted by molar-refractivity contribution is 0.414. The van der Waals surface area contributed by atoms with Crippen molar-refractivity contribution in [3.8, 4) is 5.75 Å². The average Bonchev–Trinajstić information content (AvgIpc) is 3.08. The molecular formula is C17H16ClN3OS2. The predicted octanol–water partition coefficient (Wildman–Crippen LogP) is 5.10. The van der Waals surface area contributed by atoms with E-state index in [0.717, 1.165) is 26.0 Å². The van der Waals surface area contributed by atoms with Gasteiger partial charge in [0, 0.05) is 17.3 Å². The molecule has 1 heterocycles. The summed E-state index contributed by atoms with van der Waals surface area (Å²) in [5, 5.41) is 13.3. The second kappa shape index (κ2) is 8.37. The lowest BCUT2D eigenvalue weighted by Crippen LogP contribution is -1.98. The number of thioether (sulfide) groups is 1. The van der Waals surface area contributed by atoms with E-state index in [0.29, 0.717) is 6.54 Å². The number of nitrogens with one attached hydrogen (secondary N) is 1. The highest BCUT2D eigenvalue weighted by molar-refractivity contribution is 8.00. The van der Waals surface area contributed by atoms with E-state index in [1.807, 2.05) is 48.5 Å². The topological polar surface area (TPSA) is 47.0 Å². The second-order valence-corrected chi connectivity index (χ2v) is 7.63. The van der Waals surface area contributed by atoms with E-state index in [1.54, 1.807) is 30.2 Å². The predicted molar refractivity (Wildman–Crippen MR) is 101 cm³/mol. The number of rotatable bonds is 7. The van der Waals surface area contributed by atoms with Crippen LogP contribution in [-0.2, 0) is 12.3 Å². The van der Waals surface area contributed by atoms with Gasteiger partial charge in [0.05, 0.1) is 7.11 Å². The van der Waals surface area contributed by atoms with Gasteiger partial charge in [-0.2, -0.15) is 0 Å². The summed E-state index contributed by atoms with van der Waals surface area (Å²) < 4.78 is 6.10. The van der Waals surface area contributed by atoms with E-state index in [-0.39, 0.29) is 0 Å². The van der Waals surface area contributed by atoms with Gasteiger partial charge in [-0.25, -0.2) is 0 Å². The summed E-state index contributed by atoms with van der Waals surface area (Å²) in [7, 11) is 1.66. The molecule has 124 valence electrons. The van der Waals surface area contributed by atoms with Gasteiger partial charge in [-0.1, -0.05) is 59.0 Å². The molecule has 0 atom stereocenters. The van der Waals surface area contributed by atoms with Crippen molar-refractivity contribution in [1.29, 1.82) is 0 Å². The highest BCUT2D eigenvalue weighted by atomic mass is 35.5. The minimum Gasteiger partial charge on any atom is -0.497 e. The van der Waals surface area contributed by atoms with Gasteiger partial charge < -0.3 is 10.1 Å². The van der Waals surface area contributed by atoms with Crippen LogP contribution in [0.1, 0.15) is 11.1 Å². The normalized spacial score (nSPS) is 10.6. The molecule has 4 nitrogen and oxygen atoms in total. The Balaban J connectivity index is 1.50. The largest absolute Gasteiger partial charge is 0.497 e. The third kappa shape index (κ3) is 4.87. The van der Waals surface area contributed by atoms with Crippen LogP contribution in [0.5, 0.6) is 5.75 Å². The number of hydrogen-bond donors (Lipinski definition) is 1. The first-order valence-electron chi connectivity index (χ1n) is 7.30. The summed E-state index contributed by atoms with van der Waals surface area (Å²) in [5.74, 6) is 1.71. The standard InChI is InChI=1S/C17H16ClN3OS2/c1-22-15-8-4-12(5-9-15)10-19-16-20-21-17(24-16)23-11-13-2-6-14(18)7-3-13/h2-9H,10-11H2,1H3,(H,19,20). The van der Waals surface area contributed by atoms with Crippen molar-refractivity contribution < 1.29 is 4.74 Å². The van der Waals surface area contributed by atoms with Crippen LogP contribution in [-0.4, -0.2) is 17.3 Å². The lowest BCUT2D eigenvalue weighted by atomic mass is 10.2. The molecule has 0 aliphatic heterocycles. The third-order valence-electron chi connectivity index (χ3n) is 3.28. The summed E-state index contributed by atoms with van der Waals surface area (Å²) in [4.78, 5) is 0. The van der Waals surface area contributed by atoms with E-state index in [4.69, 9.17) is 16.3 Å². The molecule has 1 N–H and O–H groups in total. The summed E-state index contributed by atoms with van der Waals surface area (Å²) in [6.45, 7) is 0.709. The average molecular weight is 378 g/mol. The number of ether oxygens (including phenoxy) is 1. The van der Waals surface area contributed by atoms with E-state index in [1.165, 1.54) is 11.1 Å². The number of anilines is 1. The van der Waals surface area contributed by atoms with Crippen LogP contribution in [0.25, 0.3) is 0 Å². The van der Waals surface area contributed by atoms with E-state index in [2.05, 4.69) is 15.5 Å². The van der Waals surface area contributed by atoms with Crippen molar-refractivity contribution in [2.24, 2.45) is 0 Å². The van der Waals surface area contributed by atoms with Crippen LogP contribution in [0, 0.1) is 0 Å². The van der Waals surface area contributed by atoms with Crippen LogP contribution in [0.15, 0.2) is 52.9 Å². The number of aromatic nitrogens is 2. The maximum atomic E-state index is 5.89. The van der Waals surface area contributed by atoms with Crippen molar-refractivity contribution in [1.82, 2.24) is 10.2 Å². The third-order valence-corrected chi connectivity index (χ3v) is 5.62. The zero-order valence-electron chi connectivity index (χ0n) is 13.0. The van der Waals surface area contributed by atoms with E-state index in [9.17, 15) is 0 Å². The Bertz CT molecular complexity index is 775. The van der Waals surface area contributed by atoms with Gasteiger partial charge in [-0.15, -0.1) is 10.2 Å². The smallest absolute Gasteiger partial charge is 0.206 e. The Morgan fingerprint density at radius 3 is 2.46 bits per heavy atom. The molecule has 0 fully saturated rings. The van der Waals surface area contributed by atoms with Crippen molar-refractivity contribution in [3.63, 3.8) is 0 Å². The van der Waals surface area contributed by atoms with Gasteiger partial charge in [0.15, 0.2) is 4.34 Å². The molecule has 0 aliphatic carbocycles. The monoisotopic (exact) mass is 377 g/mol. The number of methoxy groups -OCH3 is 1. The molecule has 0 unspecified atom stereocenters. The number of hydrogen-bond acceptors (Lipinski definition) is 6. The molecule has 3 rings (SSSR count). The van der Waals surface area contributed by atoms with Crippen LogP contribution in [0.2, 0.25) is 5.02 Å². The molecule has 2 aromatic carbocycles. The van der Waals surface area contributed by atoms with Crippen LogP contribution in [0.3, 0.4) is 0 Å². The Hall–Kier alpha value is -1.76. The summed E-state index contributed by atoms with van der Waals surface area (Å²) >= 11 is 9.13. The maximum absolute atomic E-state index is 5.89. The fourth-order valence-electron chi connectivity index (χ4n) is 1.99. The Kier molecular flexibility index (Phi) is 5.96. The van der Waals surface area contributed by atoms with Gasteiger partial charge >= 0.3 is 0 Å². The Morgan fingerprint density at radius 1 is 1.04 bits per heavy atom. The highest BCUT2D eigenvalue weighted by Crippen LogP contribution is 2.28. The van der Waals surface area contributed by atoms with Gasteiger partial charge in [0.25, 0.3) is 0 Å². The van der Waals surface area contributed by atoms with E-state index < -0.39 is 0 Å². The first-order chi connectivity index (χ1) is 11.7. The molecule has 0 amide bonds. The number of halogens is 1. The molecule has 0 saturated heterocycles. The Labute approximate surface area is 154 Å². The van der Waals surface area contributed by atoms with Crippen molar-refractivity contribution in [2.75, 3.05) is 12.4 Å². The fourth-order valence-corrected chi connectivity index (χ4v) is 3.82. The highest BCUT2D eigenvalue weighted by Gasteiger charge is 2.05. The van der Waals surface area contributed by atoms with Gasteiger partial charge in [-0.05, 0) is 35.4 Å². The summed E-state index contributed by atoms with van der Waals surface area (Å²) in [6.07, 6.45) is 0. The zero-order chi connectivity index (χ0) is 16.8. The van der Waals surface area contributed by atoms with Crippen LogP contribution < -0.4 is 10.1 Å². The van der Waals surface area contributed by atoms with Crippen LogP contribution in [0.4, 0.5) is 5.13 Å². The molecule has 0 aliphatic rings. The molecule has 0 bridgehead atoms. The first-order valence-corrected chi connectivity index (χ1v) is 9.48.